The Morgan fingerprint density at radius 2 is 1.96 bits per heavy atom. The highest BCUT2D eigenvalue weighted by atomic mass is 19.1. The normalized spacial score (nSPS) is 17.4. The van der Waals surface area contributed by atoms with Gasteiger partial charge in [0.1, 0.15) is 18.2 Å². The molecule has 2 aliphatic rings. The highest BCUT2D eigenvalue weighted by Crippen LogP contribution is 2.41. The average Bonchev–Trinajstić information content (AvgIpc) is 3.69. The van der Waals surface area contributed by atoms with E-state index < -0.39 is 29.2 Å². The Kier molecular flexibility index (Phi) is 7.41. The van der Waals surface area contributed by atoms with E-state index >= 15 is 4.39 Å². The first-order chi connectivity index (χ1) is 22.0. The van der Waals surface area contributed by atoms with Crippen molar-refractivity contribution in [3.8, 4) is 17.1 Å². The third-order valence-corrected chi connectivity index (χ3v) is 8.26. The Bertz CT molecular complexity index is 2050. The number of hydrogen-bond acceptors (Lipinski definition) is 9. The molecule has 2 fully saturated rings. The van der Waals surface area contributed by atoms with Crippen LogP contribution in [-0.4, -0.2) is 48.6 Å². The summed E-state index contributed by atoms with van der Waals surface area (Å²) in [6.07, 6.45) is 7.00. The van der Waals surface area contributed by atoms with Crippen LogP contribution in [0.25, 0.3) is 27.8 Å². The average molecular weight is 625 g/mol. The van der Waals surface area contributed by atoms with Crippen LogP contribution in [0.5, 0.6) is 0 Å². The Balaban J connectivity index is 1.32. The lowest BCUT2D eigenvalue weighted by Crippen LogP contribution is -2.28. The number of ether oxygens (including phenoxy) is 3. The van der Waals surface area contributed by atoms with Crippen LogP contribution in [0.2, 0.25) is 0 Å². The molecule has 0 spiro atoms. The molecule has 1 saturated heterocycles. The minimum Gasteiger partial charge on any atom is -0.459 e. The third kappa shape index (κ3) is 5.88. The fourth-order valence-corrected chi connectivity index (χ4v) is 5.88. The van der Waals surface area contributed by atoms with Gasteiger partial charge in [0, 0.05) is 43.2 Å². The van der Waals surface area contributed by atoms with Crippen molar-refractivity contribution in [2.45, 2.75) is 57.5 Å². The number of esters is 1. The third-order valence-electron chi connectivity index (χ3n) is 8.26. The Morgan fingerprint density at radius 1 is 1.13 bits per heavy atom. The molecule has 11 nitrogen and oxygen atoms in total. The van der Waals surface area contributed by atoms with Crippen LogP contribution in [0.3, 0.4) is 0 Å². The van der Waals surface area contributed by atoms with Gasteiger partial charge in [-0.1, -0.05) is 18.2 Å². The second kappa shape index (κ2) is 11.5. The molecule has 1 saturated carbocycles. The quantitative estimate of drug-likeness (QED) is 0.246. The summed E-state index contributed by atoms with van der Waals surface area (Å²) in [5, 5.41) is 0.512. The van der Waals surface area contributed by atoms with E-state index in [2.05, 4.69) is 9.97 Å². The van der Waals surface area contributed by atoms with Crippen molar-refractivity contribution >= 4 is 22.7 Å². The number of pyridine rings is 1. The summed E-state index contributed by atoms with van der Waals surface area (Å²) >= 11 is 0. The summed E-state index contributed by atoms with van der Waals surface area (Å²) in [5.41, 5.74) is 8.74. The van der Waals surface area contributed by atoms with Gasteiger partial charge in [0.15, 0.2) is 17.7 Å². The summed E-state index contributed by atoms with van der Waals surface area (Å²) in [6.45, 7) is 3.20. The number of carbonyl (C=O) groups is 1. The van der Waals surface area contributed by atoms with Gasteiger partial charge < -0.3 is 24.5 Å². The molecule has 2 N–H and O–H groups in total. The molecule has 5 aromatic rings. The van der Waals surface area contributed by atoms with Gasteiger partial charge in [-0.05, 0) is 73.4 Å². The van der Waals surface area contributed by atoms with Crippen LogP contribution in [0.4, 0.5) is 10.3 Å². The lowest BCUT2D eigenvalue weighted by Gasteiger charge is -2.19. The zero-order valence-electron chi connectivity index (χ0n) is 25.7. The Hall–Kier alpha value is -4.94. The van der Waals surface area contributed by atoms with Crippen LogP contribution < -0.4 is 11.3 Å². The lowest BCUT2D eigenvalue weighted by molar-refractivity contribution is -0.170. The minimum absolute atomic E-state index is 0.0134. The maximum atomic E-state index is 15.4. The Morgan fingerprint density at radius 3 is 2.67 bits per heavy atom. The van der Waals surface area contributed by atoms with Crippen molar-refractivity contribution < 1.29 is 23.4 Å². The first-order valence-corrected chi connectivity index (χ1v) is 15.1. The number of fused-ring (bicyclic) bond motifs is 1. The van der Waals surface area contributed by atoms with Crippen LogP contribution in [-0.2, 0) is 39.1 Å². The monoisotopic (exact) mass is 624 g/mol. The Labute approximate surface area is 263 Å². The number of hydrogen-bond donors (Lipinski definition) is 1. The fourth-order valence-electron chi connectivity index (χ4n) is 5.88. The van der Waals surface area contributed by atoms with E-state index in [1.54, 1.807) is 44.3 Å². The van der Waals surface area contributed by atoms with Crippen molar-refractivity contribution in [1.29, 1.82) is 0 Å². The van der Waals surface area contributed by atoms with E-state index in [1.807, 2.05) is 36.1 Å². The molecule has 0 unspecified atom stereocenters. The molecule has 12 heteroatoms. The molecule has 1 aliphatic carbocycles. The molecule has 4 heterocycles. The molecule has 3 aromatic heterocycles. The second-order valence-corrected chi connectivity index (χ2v) is 12.3. The van der Waals surface area contributed by atoms with Crippen molar-refractivity contribution in [2.75, 3.05) is 12.3 Å². The van der Waals surface area contributed by atoms with Gasteiger partial charge in [0.25, 0.3) is 5.56 Å². The number of rotatable bonds is 8. The van der Waals surface area contributed by atoms with Crippen LogP contribution in [0.1, 0.15) is 55.1 Å². The van der Waals surface area contributed by atoms with Gasteiger partial charge >= 0.3 is 5.97 Å². The molecule has 2 aromatic carbocycles. The number of nitrogen functional groups attached to an aromatic ring is 1. The first-order valence-electron chi connectivity index (χ1n) is 15.1. The molecule has 7 rings (SSSR count). The van der Waals surface area contributed by atoms with E-state index in [1.165, 1.54) is 10.6 Å². The molecular formula is C34H33FN6O5. The number of nitrogens with two attached hydrogens (primary N) is 1. The smallest absolute Gasteiger partial charge is 0.338 e. The molecule has 0 amide bonds. The summed E-state index contributed by atoms with van der Waals surface area (Å²) in [7, 11) is 1.92. The van der Waals surface area contributed by atoms with E-state index in [4.69, 9.17) is 24.9 Å². The first kappa shape index (κ1) is 29.8. The molecular weight excluding hydrogens is 591 g/mol. The predicted octanol–water partition coefficient (Wildman–Crippen LogP) is 4.57. The number of nitrogens with zero attached hydrogens (tertiary/aromatic N) is 5. The van der Waals surface area contributed by atoms with E-state index in [-0.39, 0.29) is 30.4 Å². The van der Waals surface area contributed by atoms with Crippen LogP contribution >= 0.6 is 0 Å². The highest BCUT2D eigenvalue weighted by Gasteiger charge is 2.38. The van der Waals surface area contributed by atoms with Gasteiger partial charge in [0.2, 0.25) is 5.95 Å². The fraction of sp³-hybridized carbons (Fsp3) is 0.324. The van der Waals surface area contributed by atoms with Gasteiger partial charge in [-0.25, -0.2) is 14.2 Å². The zero-order chi connectivity index (χ0) is 32.2. The van der Waals surface area contributed by atoms with Crippen molar-refractivity contribution in [1.82, 2.24) is 24.1 Å². The number of aromatic nitrogens is 5. The molecule has 236 valence electrons. The van der Waals surface area contributed by atoms with Gasteiger partial charge in [-0.2, -0.15) is 9.97 Å². The van der Waals surface area contributed by atoms with Gasteiger partial charge in [-0.3, -0.25) is 9.36 Å². The van der Waals surface area contributed by atoms with Crippen molar-refractivity contribution in [3.63, 3.8) is 0 Å². The summed E-state index contributed by atoms with van der Waals surface area (Å²) in [5.74, 6) is -1.10. The van der Waals surface area contributed by atoms with Crippen molar-refractivity contribution in [2.24, 2.45) is 7.05 Å². The molecule has 0 bridgehead atoms. The van der Waals surface area contributed by atoms with Gasteiger partial charge in [-0.15, -0.1) is 0 Å². The standard InChI is InChI=1S/C34H33FN6O5/c1-34(2)45-18-27(46-34)32(43)44-17-24-23(30-37-28(38-33(36)39-30)13-19-9-11-40(3)16-19)5-4-6-26(24)41-12-10-21-14-22(20-7-8-20)15-25(35)29(21)31(41)42/h4-6,9-12,14-16,20,27H,7-8,13,17-18H2,1-3H3,(H2,36,37,38,39)/t27-/m0/s1. The molecule has 46 heavy (non-hydrogen) atoms. The minimum atomic E-state index is -0.924. The zero-order valence-corrected chi connectivity index (χ0v) is 25.7. The van der Waals surface area contributed by atoms with E-state index in [0.29, 0.717) is 40.4 Å². The molecule has 0 radical (unpaired) electrons. The SMILES string of the molecule is Cn1ccc(Cc2nc(N)nc(-c3cccc(-n4ccc5cc(C6CC6)cc(F)c5c4=O)c3COC(=O)[C@@H]3COC(C)(C)O3)n2)c1. The largest absolute Gasteiger partial charge is 0.459 e. The second-order valence-electron chi connectivity index (χ2n) is 12.3. The van der Waals surface area contributed by atoms with E-state index in [9.17, 15) is 9.59 Å². The summed E-state index contributed by atoms with van der Waals surface area (Å²) in [6, 6.07) is 12.2. The number of halogens is 1. The van der Waals surface area contributed by atoms with Gasteiger partial charge in [0.05, 0.1) is 17.7 Å². The maximum Gasteiger partial charge on any atom is 0.338 e. The molecule has 1 atom stereocenters. The van der Waals surface area contributed by atoms with Crippen LogP contribution in [0, 0.1) is 5.82 Å². The summed E-state index contributed by atoms with van der Waals surface area (Å²) in [4.78, 5) is 40.4. The number of aryl methyl sites for hydroxylation is 1. The highest BCUT2D eigenvalue weighted by molar-refractivity contribution is 5.84. The number of benzene rings is 2. The predicted molar refractivity (Wildman–Crippen MR) is 168 cm³/mol. The maximum absolute atomic E-state index is 15.4. The molecule has 1 aliphatic heterocycles. The lowest BCUT2D eigenvalue weighted by atomic mass is 10.0. The van der Waals surface area contributed by atoms with E-state index in [0.717, 1.165) is 24.0 Å². The van der Waals surface area contributed by atoms with Crippen LogP contribution in [0.15, 0.2) is 65.8 Å². The topological polar surface area (TPSA) is 136 Å². The number of anilines is 1. The summed E-state index contributed by atoms with van der Waals surface area (Å²) < 4.78 is 35.7. The number of carbonyl (C=O) groups excluding carboxylic acids is 1. The van der Waals surface area contributed by atoms with Crippen molar-refractivity contribution in [3.05, 3.63) is 99.7 Å².